The van der Waals surface area contributed by atoms with Crippen molar-refractivity contribution in [2.45, 2.75) is 33.1 Å². The van der Waals surface area contributed by atoms with Gasteiger partial charge in [-0.2, -0.15) is 5.26 Å². The molecular weight excluding hydrogens is 502 g/mol. The fraction of sp³-hybridized carbons (Fsp3) is 0.212. The molecule has 0 fully saturated rings. The van der Waals surface area contributed by atoms with Crippen molar-refractivity contribution in [3.8, 4) is 40.0 Å². The predicted molar refractivity (Wildman–Crippen MR) is 155 cm³/mol. The zero-order valence-corrected chi connectivity index (χ0v) is 22.6. The zero-order chi connectivity index (χ0) is 28.3. The third-order valence-corrected chi connectivity index (χ3v) is 6.15. The number of carbonyl (C=O) groups excluding carboxylic acids is 2. The standard InChI is InChI=1S/C33H31N3O4/c1-3-39-30-15-13-26(21-31(30)40-4-2)29(37)14-16-33(38)36-32-22-27(25-12-8-9-23(19-25)17-18-34)20-28(35-32)24-10-6-5-7-11-24/h5-13,15,19-22H,3-4,14,16-17H2,1-2H3,(H,35,36,38). The first-order chi connectivity index (χ1) is 19.5. The fourth-order valence-electron chi connectivity index (χ4n) is 4.27. The molecule has 4 rings (SSSR count). The Bertz CT molecular complexity index is 1530. The highest BCUT2D eigenvalue weighted by molar-refractivity contribution is 6.00. The molecule has 1 amide bonds. The van der Waals surface area contributed by atoms with Gasteiger partial charge >= 0.3 is 0 Å². The number of anilines is 1. The minimum absolute atomic E-state index is 0.000244. The van der Waals surface area contributed by atoms with E-state index in [-0.39, 0.29) is 24.5 Å². The number of nitriles is 1. The van der Waals surface area contributed by atoms with Crippen molar-refractivity contribution in [2.24, 2.45) is 0 Å². The summed E-state index contributed by atoms with van der Waals surface area (Å²) in [5.74, 6) is 0.996. The summed E-state index contributed by atoms with van der Waals surface area (Å²) in [6, 6.07) is 28.4. The minimum Gasteiger partial charge on any atom is -0.490 e. The van der Waals surface area contributed by atoms with Gasteiger partial charge in [-0.1, -0.05) is 54.6 Å². The maximum atomic E-state index is 12.9. The van der Waals surface area contributed by atoms with E-state index >= 15 is 0 Å². The first-order valence-electron chi connectivity index (χ1n) is 13.3. The Morgan fingerprint density at radius 1 is 0.800 bits per heavy atom. The summed E-state index contributed by atoms with van der Waals surface area (Å²) in [5, 5.41) is 12.0. The van der Waals surface area contributed by atoms with Crippen LogP contribution in [0, 0.1) is 11.3 Å². The second-order valence-electron chi connectivity index (χ2n) is 9.03. The predicted octanol–water partition coefficient (Wildman–Crippen LogP) is 6.88. The first kappa shape index (κ1) is 28.1. The molecule has 40 heavy (non-hydrogen) atoms. The van der Waals surface area contributed by atoms with Crippen LogP contribution in [0.4, 0.5) is 5.82 Å². The Kier molecular flexibility index (Phi) is 9.62. The number of ketones is 1. The largest absolute Gasteiger partial charge is 0.490 e. The number of hydrogen-bond donors (Lipinski definition) is 1. The van der Waals surface area contributed by atoms with E-state index < -0.39 is 0 Å². The lowest BCUT2D eigenvalue weighted by Gasteiger charge is -2.12. The molecule has 0 aliphatic heterocycles. The SMILES string of the molecule is CCOc1ccc(C(=O)CCC(=O)Nc2cc(-c3cccc(CC#N)c3)cc(-c3ccccc3)n2)cc1OCC. The van der Waals surface area contributed by atoms with E-state index in [9.17, 15) is 9.59 Å². The molecule has 4 aromatic rings. The molecule has 3 aromatic carbocycles. The van der Waals surface area contributed by atoms with Crippen LogP contribution in [-0.2, 0) is 11.2 Å². The van der Waals surface area contributed by atoms with Gasteiger partial charge in [0.2, 0.25) is 5.91 Å². The molecule has 202 valence electrons. The molecular formula is C33H31N3O4. The van der Waals surface area contributed by atoms with Crippen LogP contribution >= 0.6 is 0 Å². The van der Waals surface area contributed by atoms with Gasteiger partial charge in [-0.15, -0.1) is 0 Å². The molecule has 1 aromatic heterocycles. The second kappa shape index (κ2) is 13.7. The molecule has 0 atom stereocenters. The van der Waals surface area contributed by atoms with Gasteiger partial charge in [0.15, 0.2) is 17.3 Å². The summed E-state index contributed by atoms with van der Waals surface area (Å²) in [6.45, 7) is 4.68. The maximum Gasteiger partial charge on any atom is 0.225 e. The molecule has 0 saturated heterocycles. The van der Waals surface area contributed by atoms with Gasteiger partial charge in [-0.05, 0) is 60.9 Å². The first-order valence-corrected chi connectivity index (χ1v) is 13.3. The summed E-state index contributed by atoms with van der Waals surface area (Å²) in [5.41, 5.74) is 4.75. The summed E-state index contributed by atoms with van der Waals surface area (Å²) in [7, 11) is 0. The van der Waals surface area contributed by atoms with Crippen molar-refractivity contribution in [3.05, 3.63) is 96.1 Å². The average molecular weight is 534 g/mol. The van der Waals surface area contributed by atoms with E-state index in [0.717, 1.165) is 22.3 Å². The number of nitrogens with zero attached hydrogens (tertiary/aromatic N) is 2. The number of benzene rings is 3. The van der Waals surface area contributed by atoms with Crippen LogP contribution in [0.15, 0.2) is 84.9 Å². The van der Waals surface area contributed by atoms with Crippen LogP contribution < -0.4 is 14.8 Å². The molecule has 0 aliphatic carbocycles. The molecule has 1 heterocycles. The van der Waals surface area contributed by atoms with Gasteiger partial charge in [-0.3, -0.25) is 9.59 Å². The number of aromatic nitrogens is 1. The van der Waals surface area contributed by atoms with Crippen LogP contribution in [-0.4, -0.2) is 29.9 Å². The third kappa shape index (κ3) is 7.33. The highest BCUT2D eigenvalue weighted by Gasteiger charge is 2.15. The van der Waals surface area contributed by atoms with Gasteiger partial charge in [-0.25, -0.2) is 4.98 Å². The Labute approximate surface area is 234 Å². The number of Topliss-reactive ketones (excluding diaryl/α,β-unsaturated/α-hetero) is 1. The molecule has 1 N–H and O–H groups in total. The zero-order valence-electron chi connectivity index (χ0n) is 22.6. The monoisotopic (exact) mass is 533 g/mol. The van der Waals surface area contributed by atoms with Crippen molar-refractivity contribution in [1.29, 1.82) is 5.26 Å². The third-order valence-electron chi connectivity index (χ3n) is 6.15. The van der Waals surface area contributed by atoms with E-state index in [1.54, 1.807) is 24.3 Å². The molecule has 0 bridgehead atoms. The van der Waals surface area contributed by atoms with Crippen molar-refractivity contribution in [2.75, 3.05) is 18.5 Å². The summed E-state index contributed by atoms with van der Waals surface area (Å²) < 4.78 is 11.2. The number of amides is 1. The molecule has 0 unspecified atom stereocenters. The van der Waals surface area contributed by atoms with Crippen LogP contribution in [0.25, 0.3) is 22.4 Å². The second-order valence-corrected chi connectivity index (χ2v) is 9.03. The molecule has 0 spiro atoms. The van der Waals surface area contributed by atoms with E-state index in [1.807, 2.05) is 74.5 Å². The number of ether oxygens (including phenoxy) is 2. The van der Waals surface area contributed by atoms with E-state index in [4.69, 9.17) is 14.7 Å². The average Bonchev–Trinajstić information content (AvgIpc) is 2.97. The maximum absolute atomic E-state index is 12.9. The molecule has 0 aliphatic rings. The topological polar surface area (TPSA) is 101 Å². The lowest BCUT2D eigenvalue weighted by Crippen LogP contribution is -2.15. The Hall–Kier alpha value is -4.96. The van der Waals surface area contributed by atoms with Crippen molar-refractivity contribution >= 4 is 17.5 Å². The fourth-order valence-corrected chi connectivity index (χ4v) is 4.27. The van der Waals surface area contributed by atoms with Gasteiger partial charge in [0.25, 0.3) is 0 Å². The van der Waals surface area contributed by atoms with Crippen LogP contribution in [0.5, 0.6) is 11.5 Å². The molecule has 0 radical (unpaired) electrons. The van der Waals surface area contributed by atoms with Gasteiger partial charge in [0, 0.05) is 24.0 Å². The Morgan fingerprint density at radius 3 is 2.30 bits per heavy atom. The Morgan fingerprint density at radius 2 is 1.55 bits per heavy atom. The number of nitrogens with one attached hydrogen (secondary N) is 1. The van der Waals surface area contributed by atoms with E-state index in [0.29, 0.717) is 48.2 Å². The molecule has 7 heteroatoms. The van der Waals surface area contributed by atoms with Crippen molar-refractivity contribution in [1.82, 2.24) is 4.98 Å². The molecule has 0 saturated carbocycles. The summed E-state index contributed by atoms with van der Waals surface area (Å²) in [6.07, 6.45) is 0.343. The molecule has 7 nitrogen and oxygen atoms in total. The lowest BCUT2D eigenvalue weighted by atomic mass is 10.0. The highest BCUT2D eigenvalue weighted by Crippen LogP contribution is 2.30. The van der Waals surface area contributed by atoms with Crippen LogP contribution in [0.2, 0.25) is 0 Å². The number of hydrogen-bond acceptors (Lipinski definition) is 6. The van der Waals surface area contributed by atoms with Crippen LogP contribution in [0.3, 0.4) is 0 Å². The van der Waals surface area contributed by atoms with Crippen molar-refractivity contribution in [3.63, 3.8) is 0 Å². The van der Waals surface area contributed by atoms with Crippen LogP contribution in [0.1, 0.15) is 42.6 Å². The minimum atomic E-state index is -0.314. The van der Waals surface area contributed by atoms with E-state index in [2.05, 4.69) is 16.4 Å². The smallest absolute Gasteiger partial charge is 0.225 e. The van der Waals surface area contributed by atoms with Crippen molar-refractivity contribution < 1.29 is 19.1 Å². The van der Waals surface area contributed by atoms with Gasteiger partial charge < -0.3 is 14.8 Å². The Balaban J connectivity index is 1.52. The van der Waals surface area contributed by atoms with Gasteiger partial charge in [0.05, 0.1) is 31.4 Å². The highest BCUT2D eigenvalue weighted by atomic mass is 16.5. The quantitative estimate of drug-likeness (QED) is 0.199. The number of rotatable bonds is 12. The summed E-state index contributed by atoms with van der Waals surface area (Å²) in [4.78, 5) is 30.5. The number of pyridine rings is 1. The normalized spacial score (nSPS) is 10.4. The number of carbonyl (C=O) groups is 2. The van der Waals surface area contributed by atoms with Gasteiger partial charge in [0.1, 0.15) is 5.82 Å². The summed E-state index contributed by atoms with van der Waals surface area (Å²) >= 11 is 0. The lowest BCUT2D eigenvalue weighted by molar-refractivity contribution is -0.116. The van der Waals surface area contributed by atoms with E-state index in [1.165, 1.54) is 0 Å².